The molecule has 0 saturated carbocycles. The zero-order valence-corrected chi connectivity index (χ0v) is 16.4. The Morgan fingerprint density at radius 3 is 1.87 bits per heavy atom. The summed E-state index contributed by atoms with van der Waals surface area (Å²) in [5, 5.41) is 0. The van der Waals surface area contributed by atoms with Gasteiger partial charge in [0.1, 0.15) is 0 Å². The van der Waals surface area contributed by atoms with E-state index in [0.717, 1.165) is 19.3 Å². The summed E-state index contributed by atoms with van der Waals surface area (Å²) >= 11 is 0. The third-order valence-electron chi connectivity index (χ3n) is 4.32. The van der Waals surface area contributed by atoms with Crippen LogP contribution in [0.1, 0.15) is 118 Å². The first-order chi connectivity index (χ1) is 11.0. The Morgan fingerprint density at radius 2 is 1.26 bits per heavy atom. The fourth-order valence-electron chi connectivity index (χ4n) is 2.77. The number of hydrogen-bond acceptors (Lipinski definition) is 2. The summed E-state index contributed by atoms with van der Waals surface area (Å²) in [6.07, 6.45) is 16.8. The van der Waals surface area contributed by atoms with Crippen LogP contribution in [0.15, 0.2) is 0 Å². The number of esters is 1. The Morgan fingerprint density at radius 1 is 0.739 bits per heavy atom. The number of rotatable bonds is 15. The molecular formula is C21H42O2. The molecule has 0 aliphatic carbocycles. The summed E-state index contributed by atoms with van der Waals surface area (Å²) in [5.74, 6) is 0.00341. The van der Waals surface area contributed by atoms with Crippen LogP contribution in [-0.2, 0) is 9.53 Å². The Labute approximate surface area is 145 Å². The minimum Gasteiger partial charge on any atom is -0.466 e. The maximum atomic E-state index is 11.5. The van der Waals surface area contributed by atoms with Crippen molar-refractivity contribution in [2.45, 2.75) is 118 Å². The van der Waals surface area contributed by atoms with Gasteiger partial charge < -0.3 is 4.74 Å². The van der Waals surface area contributed by atoms with Gasteiger partial charge in [-0.1, -0.05) is 91.9 Å². The van der Waals surface area contributed by atoms with Gasteiger partial charge in [0.15, 0.2) is 0 Å². The molecule has 138 valence electrons. The Hall–Kier alpha value is -0.530. The highest BCUT2D eigenvalue weighted by atomic mass is 16.5. The zero-order valence-electron chi connectivity index (χ0n) is 16.4. The lowest BCUT2D eigenvalue weighted by atomic mass is 9.89. The second-order valence-corrected chi connectivity index (χ2v) is 8.17. The van der Waals surface area contributed by atoms with Crippen LogP contribution >= 0.6 is 0 Å². The van der Waals surface area contributed by atoms with Crippen molar-refractivity contribution in [1.29, 1.82) is 0 Å². The summed E-state index contributed by atoms with van der Waals surface area (Å²) in [6.45, 7) is 9.79. The SMILES string of the molecule is CCCCCCCC(=O)OCCCCCCCCCC(C)(C)C. The first kappa shape index (κ1) is 22.5. The Balaban J connectivity index is 3.19. The van der Waals surface area contributed by atoms with Gasteiger partial charge in [0.05, 0.1) is 6.61 Å². The standard InChI is InChI=1S/C21H42O2/c1-5-6-7-11-14-17-20(22)23-19-16-13-10-8-9-12-15-18-21(2,3)4/h5-19H2,1-4H3. The van der Waals surface area contributed by atoms with Crippen LogP contribution in [0.25, 0.3) is 0 Å². The molecule has 0 fully saturated rings. The van der Waals surface area contributed by atoms with Crippen molar-refractivity contribution < 1.29 is 9.53 Å². The molecule has 0 atom stereocenters. The van der Waals surface area contributed by atoms with Crippen molar-refractivity contribution in [3.63, 3.8) is 0 Å². The molecule has 2 nitrogen and oxygen atoms in total. The highest BCUT2D eigenvalue weighted by Crippen LogP contribution is 2.22. The van der Waals surface area contributed by atoms with E-state index in [1.165, 1.54) is 64.2 Å². The summed E-state index contributed by atoms with van der Waals surface area (Å²) in [5.41, 5.74) is 0.486. The van der Waals surface area contributed by atoms with Crippen LogP contribution in [0.2, 0.25) is 0 Å². The smallest absolute Gasteiger partial charge is 0.305 e. The molecule has 0 aromatic heterocycles. The normalized spacial score (nSPS) is 11.7. The van der Waals surface area contributed by atoms with E-state index in [9.17, 15) is 4.79 Å². The molecule has 0 radical (unpaired) electrons. The topological polar surface area (TPSA) is 26.3 Å². The van der Waals surface area contributed by atoms with Crippen molar-refractivity contribution in [1.82, 2.24) is 0 Å². The molecule has 0 saturated heterocycles. The van der Waals surface area contributed by atoms with Crippen molar-refractivity contribution in [2.24, 2.45) is 5.41 Å². The van der Waals surface area contributed by atoms with Gasteiger partial charge in [0.25, 0.3) is 0 Å². The predicted molar refractivity (Wildman–Crippen MR) is 101 cm³/mol. The molecule has 0 aliphatic rings. The molecule has 2 heteroatoms. The van der Waals surface area contributed by atoms with E-state index in [-0.39, 0.29) is 5.97 Å². The van der Waals surface area contributed by atoms with E-state index in [0.29, 0.717) is 18.4 Å². The average molecular weight is 327 g/mol. The van der Waals surface area contributed by atoms with E-state index >= 15 is 0 Å². The van der Waals surface area contributed by atoms with E-state index in [2.05, 4.69) is 27.7 Å². The van der Waals surface area contributed by atoms with Crippen molar-refractivity contribution >= 4 is 5.97 Å². The monoisotopic (exact) mass is 326 g/mol. The molecule has 0 aromatic carbocycles. The molecule has 0 amide bonds. The number of carbonyl (C=O) groups excluding carboxylic acids is 1. The van der Waals surface area contributed by atoms with E-state index < -0.39 is 0 Å². The van der Waals surface area contributed by atoms with Crippen molar-refractivity contribution in [3.8, 4) is 0 Å². The maximum absolute atomic E-state index is 11.5. The predicted octanol–water partition coefficient (Wildman–Crippen LogP) is 7.06. The lowest BCUT2D eigenvalue weighted by Crippen LogP contribution is -2.05. The molecule has 0 rings (SSSR count). The van der Waals surface area contributed by atoms with Crippen molar-refractivity contribution in [2.75, 3.05) is 6.61 Å². The summed E-state index contributed by atoms with van der Waals surface area (Å²) < 4.78 is 5.29. The number of ether oxygens (including phenoxy) is 1. The van der Waals surface area contributed by atoms with Gasteiger partial charge in [-0.15, -0.1) is 0 Å². The summed E-state index contributed by atoms with van der Waals surface area (Å²) in [7, 11) is 0. The molecule has 0 N–H and O–H groups in total. The molecule has 23 heavy (non-hydrogen) atoms. The Bertz CT molecular complexity index is 266. The van der Waals surface area contributed by atoms with E-state index in [4.69, 9.17) is 4.74 Å². The van der Waals surface area contributed by atoms with Gasteiger partial charge in [-0.2, -0.15) is 0 Å². The minimum absolute atomic E-state index is 0.00341. The third kappa shape index (κ3) is 19.4. The van der Waals surface area contributed by atoms with Crippen LogP contribution in [0.3, 0.4) is 0 Å². The van der Waals surface area contributed by atoms with Gasteiger partial charge in [-0.05, 0) is 24.7 Å². The van der Waals surface area contributed by atoms with Crippen LogP contribution in [0.4, 0.5) is 0 Å². The lowest BCUT2D eigenvalue weighted by molar-refractivity contribution is -0.143. The lowest BCUT2D eigenvalue weighted by Gasteiger charge is -2.17. The summed E-state index contributed by atoms with van der Waals surface area (Å²) in [4.78, 5) is 11.5. The summed E-state index contributed by atoms with van der Waals surface area (Å²) in [6, 6.07) is 0. The Kier molecular flexibility index (Phi) is 14.7. The molecule has 0 heterocycles. The van der Waals surface area contributed by atoms with Gasteiger partial charge in [-0.3, -0.25) is 4.79 Å². The van der Waals surface area contributed by atoms with Crippen LogP contribution < -0.4 is 0 Å². The van der Waals surface area contributed by atoms with Crippen LogP contribution in [-0.4, -0.2) is 12.6 Å². The number of carbonyl (C=O) groups is 1. The van der Waals surface area contributed by atoms with Gasteiger partial charge >= 0.3 is 5.97 Å². The zero-order chi connectivity index (χ0) is 17.4. The van der Waals surface area contributed by atoms with Crippen molar-refractivity contribution in [3.05, 3.63) is 0 Å². The largest absolute Gasteiger partial charge is 0.466 e. The second-order valence-electron chi connectivity index (χ2n) is 8.17. The molecular weight excluding hydrogens is 284 g/mol. The number of unbranched alkanes of at least 4 members (excludes halogenated alkanes) is 10. The first-order valence-corrected chi connectivity index (χ1v) is 10.1. The molecule has 0 spiro atoms. The molecule has 0 bridgehead atoms. The van der Waals surface area contributed by atoms with Crippen LogP contribution in [0.5, 0.6) is 0 Å². The second kappa shape index (κ2) is 15.0. The van der Waals surface area contributed by atoms with Gasteiger partial charge in [0.2, 0.25) is 0 Å². The highest BCUT2D eigenvalue weighted by molar-refractivity contribution is 5.69. The highest BCUT2D eigenvalue weighted by Gasteiger charge is 2.08. The van der Waals surface area contributed by atoms with Gasteiger partial charge in [0, 0.05) is 6.42 Å². The van der Waals surface area contributed by atoms with Crippen LogP contribution in [0, 0.1) is 5.41 Å². The molecule has 0 aliphatic heterocycles. The number of hydrogen-bond donors (Lipinski definition) is 0. The quantitative estimate of drug-likeness (QED) is 0.238. The fourth-order valence-corrected chi connectivity index (χ4v) is 2.77. The third-order valence-corrected chi connectivity index (χ3v) is 4.32. The van der Waals surface area contributed by atoms with Gasteiger partial charge in [-0.25, -0.2) is 0 Å². The van der Waals surface area contributed by atoms with E-state index in [1.807, 2.05) is 0 Å². The maximum Gasteiger partial charge on any atom is 0.305 e. The fraction of sp³-hybridized carbons (Fsp3) is 0.952. The minimum atomic E-state index is 0.00341. The molecule has 0 unspecified atom stereocenters. The van der Waals surface area contributed by atoms with E-state index in [1.54, 1.807) is 0 Å². The average Bonchev–Trinajstić information content (AvgIpc) is 2.48. The first-order valence-electron chi connectivity index (χ1n) is 10.1. The molecule has 0 aromatic rings.